The fourth-order valence-corrected chi connectivity index (χ4v) is 4.05. The number of ether oxygens (including phenoxy) is 2. The maximum Gasteiger partial charge on any atom is 0.416 e. The Hall–Kier alpha value is -4.86. The normalized spacial score (nSPS) is 11.4. The molecule has 10 heteroatoms. The van der Waals surface area contributed by atoms with Crippen molar-refractivity contribution in [2.45, 2.75) is 19.1 Å². The second-order valence-corrected chi connectivity index (χ2v) is 8.93. The van der Waals surface area contributed by atoms with E-state index < -0.39 is 11.7 Å². The number of hydrogen-bond donors (Lipinski definition) is 1. The number of imidazole rings is 1. The number of halogens is 3. The number of benzene rings is 3. The number of amides is 1. The summed E-state index contributed by atoms with van der Waals surface area (Å²) in [6.07, 6.45) is 1.26. The first-order valence-electron chi connectivity index (χ1n) is 12.5. The Morgan fingerprint density at radius 1 is 0.900 bits per heavy atom. The van der Waals surface area contributed by atoms with Gasteiger partial charge >= 0.3 is 6.18 Å². The molecule has 7 nitrogen and oxygen atoms in total. The highest BCUT2D eigenvalue weighted by atomic mass is 19.4. The average molecular weight is 547 g/mol. The lowest BCUT2D eigenvalue weighted by Crippen LogP contribution is -2.22. The lowest BCUT2D eigenvalue weighted by molar-refractivity contribution is -0.137. The van der Waals surface area contributed by atoms with Crippen LogP contribution in [0.4, 0.5) is 13.2 Å². The number of rotatable bonds is 10. The van der Waals surface area contributed by atoms with Crippen molar-refractivity contribution in [3.63, 3.8) is 0 Å². The Kier molecular flexibility index (Phi) is 7.95. The molecule has 5 aromatic rings. The molecule has 1 N–H and O–H groups in total. The number of carbonyl (C=O) groups excluding carboxylic acids is 1. The van der Waals surface area contributed by atoms with Crippen LogP contribution in [0.25, 0.3) is 16.7 Å². The van der Waals surface area contributed by atoms with Crippen LogP contribution in [-0.2, 0) is 12.7 Å². The first kappa shape index (κ1) is 26.7. The molecule has 0 atom stereocenters. The van der Waals surface area contributed by atoms with E-state index >= 15 is 0 Å². The topological polar surface area (TPSA) is 78.3 Å². The highest BCUT2D eigenvalue weighted by molar-refractivity contribution is 5.97. The van der Waals surface area contributed by atoms with Gasteiger partial charge in [-0.05, 0) is 66.2 Å². The fraction of sp³-hybridized carbons (Fsp3) is 0.167. The van der Waals surface area contributed by atoms with Crippen molar-refractivity contribution in [1.82, 2.24) is 19.9 Å². The second-order valence-electron chi connectivity index (χ2n) is 8.93. The summed E-state index contributed by atoms with van der Waals surface area (Å²) in [6, 6.07) is 21.2. The summed E-state index contributed by atoms with van der Waals surface area (Å²) in [7, 11) is 0. The molecule has 0 saturated heterocycles. The third kappa shape index (κ3) is 6.58. The van der Waals surface area contributed by atoms with E-state index in [-0.39, 0.29) is 5.91 Å². The maximum absolute atomic E-state index is 12.7. The molecule has 40 heavy (non-hydrogen) atoms. The Morgan fingerprint density at radius 3 is 2.45 bits per heavy atom. The van der Waals surface area contributed by atoms with Crippen molar-refractivity contribution < 1.29 is 27.4 Å². The predicted octanol–water partition coefficient (Wildman–Crippen LogP) is 6.22. The molecule has 2 aromatic heterocycles. The summed E-state index contributed by atoms with van der Waals surface area (Å²) in [6.45, 7) is 1.05. The number of nitrogens with one attached hydrogen (secondary N) is 1. The summed E-state index contributed by atoms with van der Waals surface area (Å²) < 4.78 is 51.3. The first-order chi connectivity index (χ1) is 19.4. The Labute approximate surface area is 228 Å². The second kappa shape index (κ2) is 11.9. The summed E-state index contributed by atoms with van der Waals surface area (Å²) in [5.74, 6) is 0.828. The summed E-state index contributed by atoms with van der Waals surface area (Å²) in [5.41, 5.74) is 3.07. The van der Waals surface area contributed by atoms with Crippen LogP contribution in [0, 0.1) is 0 Å². The Morgan fingerprint density at radius 2 is 1.70 bits per heavy atom. The number of pyridine rings is 1. The van der Waals surface area contributed by atoms with Crippen LogP contribution in [0.3, 0.4) is 0 Å². The van der Waals surface area contributed by atoms with Gasteiger partial charge in [0.25, 0.3) is 5.91 Å². The third-order valence-electron chi connectivity index (χ3n) is 6.09. The van der Waals surface area contributed by atoms with Crippen LogP contribution in [0.5, 0.6) is 11.5 Å². The zero-order valence-electron chi connectivity index (χ0n) is 21.3. The summed E-state index contributed by atoms with van der Waals surface area (Å²) in [5, 5.41) is 2.89. The SMILES string of the molecule is O=C(NCc1cccnc1)c1ccc2c(c1)ncn2-c1cccc(OCCCOc2ccc(C(F)(F)F)cc2)c1. The van der Waals surface area contributed by atoms with E-state index in [4.69, 9.17) is 9.47 Å². The number of nitrogens with zero attached hydrogens (tertiary/aromatic N) is 3. The van der Waals surface area contributed by atoms with E-state index in [9.17, 15) is 18.0 Å². The first-order valence-corrected chi connectivity index (χ1v) is 12.5. The lowest BCUT2D eigenvalue weighted by Gasteiger charge is -2.11. The van der Waals surface area contributed by atoms with Crippen LogP contribution in [0.2, 0.25) is 0 Å². The molecule has 0 aliphatic rings. The quantitative estimate of drug-likeness (QED) is 0.211. The van der Waals surface area contributed by atoms with Gasteiger partial charge in [-0.3, -0.25) is 14.3 Å². The molecule has 0 spiro atoms. The van der Waals surface area contributed by atoms with Crippen molar-refractivity contribution in [3.05, 3.63) is 114 Å². The Balaban J connectivity index is 1.15. The summed E-state index contributed by atoms with van der Waals surface area (Å²) in [4.78, 5) is 21.2. The van der Waals surface area contributed by atoms with Crippen molar-refractivity contribution in [2.75, 3.05) is 13.2 Å². The largest absolute Gasteiger partial charge is 0.493 e. The van der Waals surface area contributed by atoms with Gasteiger partial charge in [0.2, 0.25) is 0 Å². The molecule has 0 aliphatic heterocycles. The molecular formula is C30H25F3N4O3. The third-order valence-corrected chi connectivity index (χ3v) is 6.09. The molecule has 2 heterocycles. The molecule has 0 saturated carbocycles. The molecule has 3 aromatic carbocycles. The number of hydrogen-bond acceptors (Lipinski definition) is 5. The maximum atomic E-state index is 12.7. The monoisotopic (exact) mass is 546 g/mol. The molecule has 204 valence electrons. The van der Waals surface area contributed by atoms with E-state index in [1.165, 1.54) is 12.1 Å². The van der Waals surface area contributed by atoms with Crippen LogP contribution >= 0.6 is 0 Å². The zero-order chi connectivity index (χ0) is 28.0. The smallest absolute Gasteiger partial charge is 0.416 e. The molecule has 1 amide bonds. The molecular weight excluding hydrogens is 521 g/mol. The minimum atomic E-state index is -4.37. The van der Waals surface area contributed by atoms with Crippen molar-refractivity contribution in [3.8, 4) is 17.2 Å². The minimum absolute atomic E-state index is 0.196. The van der Waals surface area contributed by atoms with Gasteiger partial charge in [-0.2, -0.15) is 13.2 Å². The highest BCUT2D eigenvalue weighted by Gasteiger charge is 2.30. The van der Waals surface area contributed by atoms with Crippen molar-refractivity contribution in [2.24, 2.45) is 0 Å². The van der Waals surface area contributed by atoms with Crippen LogP contribution in [-0.4, -0.2) is 33.7 Å². The van der Waals surface area contributed by atoms with E-state index in [1.54, 1.807) is 30.9 Å². The van der Waals surface area contributed by atoms with E-state index in [0.29, 0.717) is 48.8 Å². The van der Waals surface area contributed by atoms with Gasteiger partial charge in [0, 0.05) is 37.0 Å². The number of fused-ring (bicyclic) bond motifs is 1. The van der Waals surface area contributed by atoms with Crippen LogP contribution < -0.4 is 14.8 Å². The zero-order valence-corrected chi connectivity index (χ0v) is 21.3. The van der Waals surface area contributed by atoms with Crippen LogP contribution in [0.1, 0.15) is 27.9 Å². The standard InChI is InChI=1S/C30H25F3N4O3/c31-30(32,33)23-8-10-25(11-9-23)39-14-3-15-40-26-6-1-5-24(17-26)37-20-36-27-16-22(7-12-28(27)37)29(38)35-19-21-4-2-13-34-18-21/h1-2,4-13,16-18,20H,3,14-15,19H2,(H,35,38). The van der Waals surface area contributed by atoms with Crippen molar-refractivity contribution >= 4 is 16.9 Å². The van der Waals surface area contributed by atoms with Gasteiger partial charge in [-0.1, -0.05) is 12.1 Å². The van der Waals surface area contributed by atoms with Crippen molar-refractivity contribution in [1.29, 1.82) is 0 Å². The summed E-state index contributed by atoms with van der Waals surface area (Å²) >= 11 is 0. The van der Waals surface area contributed by atoms with Gasteiger partial charge in [-0.25, -0.2) is 4.98 Å². The van der Waals surface area contributed by atoms with Gasteiger partial charge in [-0.15, -0.1) is 0 Å². The van der Waals surface area contributed by atoms with Gasteiger partial charge < -0.3 is 14.8 Å². The lowest BCUT2D eigenvalue weighted by atomic mass is 10.1. The number of aromatic nitrogens is 3. The van der Waals surface area contributed by atoms with E-state index in [0.717, 1.165) is 28.9 Å². The molecule has 0 radical (unpaired) electrons. The molecule has 5 rings (SSSR count). The predicted molar refractivity (Wildman–Crippen MR) is 144 cm³/mol. The minimum Gasteiger partial charge on any atom is -0.493 e. The van der Waals surface area contributed by atoms with E-state index in [2.05, 4.69) is 15.3 Å². The molecule has 0 aliphatic carbocycles. The fourth-order valence-electron chi connectivity index (χ4n) is 4.05. The molecule has 0 bridgehead atoms. The number of alkyl halides is 3. The highest BCUT2D eigenvalue weighted by Crippen LogP contribution is 2.30. The average Bonchev–Trinajstić information content (AvgIpc) is 3.40. The van der Waals surface area contributed by atoms with Gasteiger partial charge in [0.15, 0.2) is 0 Å². The van der Waals surface area contributed by atoms with Crippen LogP contribution in [0.15, 0.2) is 97.6 Å². The Bertz CT molecular complexity index is 1590. The number of carbonyl (C=O) groups is 1. The van der Waals surface area contributed by atoms with Gasteiger partial charge in [0.1, 0.15) is 17.8 Å². The van der Waals surface area contributed by atoms with E-state index in [1.807, 2.05) is 47.0 Å². The van der Waals surface area contributed by atoms with Gasteiger partial charge in [0.05, 0.1) is 35.5 Å². The molecule has 0 fully saturated rings. The molecule has 0 unspecified atom stereocenters.